The fourth-order valence-electron chi connectivity index (χ4n) is 3.79. The maximum Gasteiger partial charge on any atom is 0.251 e. The summed E-state index contributed by atoms with van der Waals surface area (Å²) in [6.07, 6.45) is 0. The van der Waals surface area contributed by atoms with Crippen LogP contribution in [0.5, 0.6) is 0 Å². The van der Waals surface area contributed by atoms with E-state index in [1.807, 2.05) is 42.5 Å². The molecule has 1 amide bonds. The van der Waals surface area contributed by atoms with Crippen molar-refractivity contribution in [2.75, 3.05) is 0 Å². The van der Waals surface area contributed by atoms with Gasteiger partial charge in [-0.1, -0.05) is 70.2 Å². The van der Waals surface area contributed by atoms with E-state index in [0.717, 1.165) is 42.4 Å². The average molecular weight is 579 g/mol. The molecule has 0 spiro atoms. The van der Waals surface area contributed by atoms with Crippen LogP contribution in [0.4, 0.5) is 5.69 Å². The number of aliphatic imine (C=N–C) groups is 1. The monoisotopic (exact) mass is 577 g/mol. The SMILES string of the molecule is NS(=O)(=O)c1ccc(CNC(=O)c2ccc3c(c2)N=C(c2ccc(Br)cc2)c2ccccc2S3)cc1. The second-order valence-corrected chi connectivity index (χ2v) is 11.7. The van der Waals surface area contributed by atoms with Crippen molar-refractivity contribution in [1.82, 2.24) is 5.32 Å². The van der Waals surface area contributed by atoms with E-state index in [9.17, 15) is 13.2 Å². The van der Waals surface area contributed by atoms with E-state index < -0.39 is 10.0 Å². The topological polar surface area (TPSA) is 102 Å². The van der Waals surface area contributed by atoms with Crippen molar-refractivity contribution >= 4 is 55.0 Å². The molecule has 0 aromatic heterocycles. The number of rotatable bonds is 5. The molecule has 4 aromatic carbocycles. The predicted octanol–water partition coefficient (Wildman–Crippen LogP) is 5.66. The lowest BCUT2D eigenvalue weighted by Crippen LogP contribution is -2.22. The number of carbonyl (C=O) groups excluding carboxylic acids is 1. The van der Waals surface area contributed by atoms with Crippen LogP contribution in [-0.2, 0) is 16.6 Å². The molecule has 180 valence electrons. The molecule has 0 unspecified atom stereocenters. The number of amides is 1. The molecule has 36 heavy (non-hydrogen) atoms. The minimum absolute atomic E-state index is 0.0289. The number of sulfonamides is 1. The Morgan fingerprint density at radius 3 is 2.36 bits per heavy atom. The Morgan fingerprint density at radius 1 is 0.917 bits per heavy atom. The summed E-state index contributed by atoms with van der Waals surface area (Å²) in [4.78, 5) is 20.0. The molecule has 1 heterocycles. The van der Waals surface area contributed by atoms with Gasteiger partial charge >= 0.3 is 0 Å². The Morgan fingerprint density at radius 2 is 1.64 bits per heavy atom. The Balaban J connectivity index is 1.43. The maximum atomic E-state index is 12.9. The zero-order chi connectivity index (χ0) is 25.3. The van der Waals surface area contributed by atoms with E-state index in [1.54, 1.807) is 36.0 Å². The molecule has 0 atom stereocenters. The van der Waals surface area contributed by atoms with Gasteiger partial charge in [-0.2, -0.15) is 0 Å². The first-order chi connectivity index (χ1) is 17.3. The minimum Gasteiger partial charge on any atom is -0.348 e. The van der Waals surface area contributed by atoms with Crippen molar-refractivity contribution in [1.29, 1.82) is 0 Å². The zero-order valence-corrected chi connectivity index (χ0v) is 22.0. The zero-order valence-electron chi connectivity index (χ0n) is 18.8. The van der Waals surface area contributed by atoms with Crippen LogP contribution in [0.3, 0.4) is 0 Å². The van der Waals surface area contributed by atoms with E-state index in [-0.39, 0.29) is 17.3 Å². The van der Waals surface area contributed by atoms with Crippen LogP contribution in [-0.4, -0.2) is 20.0 Å². The summed E-state index contributed by atoms with van der Waals surface area (Å²) in [5.74, 6) is -0.250. The van der Waals surface area contributed by atoms with Crippen molar-refractivity contribution in [3.8, 4) is 0 Å². The molecule has 0 bridgehead atoms. The Hall–Kier alpha value is -3.24. The van der Waals surface area contributed by atoms with E-state index >= 15 is 0 Å². The summed E-state index contributed by atoms with van der Waals surface area (Å²) in [5, 5.41) is 8.02. The van der Waals surface area contributed by atoms with Crippen LogP contribution in [0.15, 0.2) is 115 Å². The van der Waals surface area contributed by atoms with Gasteiger partial charge in [0.15, 0.2) is 0 Å². The first kappa shape index (κ1) is 24.5. The van der Waals surface area contributed by atoms with Crippen molar-refractivity contribution < 1.29 is 13.2 Å². The highest BCUT2D eigenvalue weighted by Crippen LogP contribution is 2.41. The molecule has 0 aliphatic carbocycles. The van der Waals surface area contributed by atoms with E-state index in [0.29, 0.717) is 5.56 Å². The summed E-state index contributed by atoms with van der Waals surface area (Å²) < 4.78 is 23.9. The van der Waals surface area contributed by atoms with Gasteiger partial charge in [-0.25, -0.2) is 18.5 Å². The standard InChI is InChI=1S/C27H20BrN3O3S2/c28-20-10-7-18(8-11-20)26-22-3-1-2-4-24(22)35-25-14-9-19(15-23(25)31-26)27(32)30-16-17-5-12-21(13-6-17)36(29,33)34/h1-15H,16H2,(H,30,32)(H2,29,33,34). The lowest BCUT2D eigenvalue weighted by Gasteiger charge is -2.09. The number of halogens is 1. The molecule has 1 aliphatic heterocycles. The highest BCUT2D eigenvalue weighted by atomic mass is 79.9. The largest absolute Gasteiger partial charge is 0.348 e. The van der Waals surface area contributed by atoms with E-state index in [2.05, 4.69) is 33.4 Å². The number of nitrogens with zero attached hydrogens (tertiary/aromatic N) is 1. The average Bonchev–Trinajstić information content (AvgIpc) is 3.04. The van der Waals surface area contributed by atoms with Crippen LogP contribution < -0.4 is 10.5 Å². The molecule has 1 aliphatic rings. The second kappa shape index (κ2) is 10.0. The molecule has 0 radical (unpaired) electrons. The van der Waals surface area contributed by atoms with Gasteiger partial charge in [-0.05, 0) is 54.1 Å². The number of fused-ring (bicyclic) bond motifs is 2. The number of nitrogens with one attached hydrogen (secondary N) is 1. The van der Waals surface area contributed by atoms with Crippen molar-refractivity contribution in [2.45, 2.75) is 21.2 Å². The van der Waals surface area contributed by atoms with E-state index in [4.69, 9.17) is 10.1 Å². The molecule has 3 N–H and O–H groups in total. The molecule has 6 nitrogen and oxygen atoms in total. The molecular formula is C27H20BrN3O3S2. The Bertz CT molecular complexity index is 1600. The molecular weight excluding hydrogens is 558 g/mol. The van der Waals surface area contributed by atoms with Gasteiger partial charge in [0.05, 0.1) is 16.3 Å². The van der Waals surface area contributed by atoms with Crippen LogP contribution in [0.1, 0.15) is 27.0 Å². The Labute approximate surface area is 221 Å². The van der Waals surface area contributed by atoms with Gasteiger partial charge in [0.2, 0.25) is 10.0 Å². The molecule has 4 aromatic rings. The summed E-state index contributed by atoms with van der Waals surface area (Å²) in [6.45, 7) is 0.244. The van der Waals surface area contributed by atoms with Gasteiger partial charge in [-0.3, -0.25) is 4.79 Å². The van der Waals surface area contributed by atoms with Crippen LogP contribution >= 0.6 is 27.7 Å². The molecule has 0 saturated heterocycles. The normalized spacial score (nSPS) is 12.7. The third kappa shape index (κ3) is 5.29. The number of nitrogens with two attached hydrogens (primary N) is 1. The summed E-state index contributed by atoms with van der Waals surface area (Å²) >= 11 is 5.11. The third-order valence-electron chi connectivity index (χ3n) is 5.64. The second-order valence-electron chi connectivity index (χ2n) is 8.12. The number of benzene rings is 4. The number of carbonyl (C=O) groups is 1. The highest BCUT2D eigenvalue weighted by Gasteiger charge is 2.20. The Kier molecular flexibility index (Phi) is 6.81. The third-order valence-corrected chi connectivity index (χ3v) is 8.24. The fraction of sp³-hybridized carbons (Fsp3) is 0.0370. The fourth-order valence-corrected chi connectivity index (χ4v) is 5.58. The van der Waals surface area contributed by atoms with Crippen molar-refractivity contribution in [3.05, 3.63) is 118 Å². The highest BCUT2D eigenvalue weighted by molar-refractivity contribution is 9.10. The molecule has 0 saturated carbocycles. The summed E-state index contributed by atoms with van der Waals surface area (Å²) in [7, 11) is -3.76. The van der Waals surface area contributed by atoms with Gasteiger partial charge in [0, 0.05) is 37.5 Å². The first-order valence-corrected chi connectivity index (χ1v) is 14.1. The van der Waals surface area contributed by atoms with E-state index in [1.165, 1.54) is 12.1 Å². The minimum atomic E-state index is -3.76. The number of hydrogen-bond acceptors (Lipinski definition) is 5. The summed E-state index contributed by atoms with van der Waals surface area (Å²) in [5.41, 5.74) is 4.83. The lowest BCUT2D eigenvalue weighted by atomic mass is 10.0. The first-order valence-electron chi connectivity index (χ1n) is 10.9. The van der Waals surface area contributed by atoms with Gasteiger partial charge in [0.25, 0.3) is 5.91 Å². The predicted molar refractivity (Wildman–Crippen MR) is 145 cm³/mol. The van der Waals surface area contributed by atoms with Crippen molar-refractivity contribution in [3.63, 3.8) is 0 Å². The lowest BCUT2D eigenvalue weighted by molar-refractivity contribution is 0.0951. The van der Waals surface area contributed by atoms with Crippen LogP contribution in [0, 0.1) is 0 Å². The van der Waals surface area contributed by atoms with Crippen LogP contribution in [0.25, 0.3) is 0 Å². The van der Waals surface area contributed by atoms with Crippen LogP contribution in [0.2, 0.25) is 0 Å². The quantitative estimate of drug-likeness (QED) is 0.281. The van der Waals surface area contributed by atoms with Gasteiger partial charge < -0.3 is 5.32 Å². The molecule has 5 rings (SSSR count). The van der Waals surface area contributed by atoms with Gasteiger partial charge in [0.1, 0.15) is 0 Å². The van der Waals surface area contributed by atoms with Crippen molar-refractivity contribution in [2.24, 2.45) is 10.1 Å². The number of primary sulfonamides is 1. The summed E-state index contributed by atoms with van der Waals surface area (Å²) in [6, 6.07) is 27.7. The maximum absolute atomic E-state index is 12.9. The molecule has 9 heteroatoms. The number of hydrogen-bond donors (Lipinski definition) is 2. The van der Waals surface area contributed by atoms with Gasteiger partial charge in [-0.15, -0.1) is 0 Å². The molecule has 0 fully saturated rings. The smallest absolute Gasteiger partial charge is 0.251 e.